The van der Waals surface area contributed by atoms with Gasteiger partial charge in [0.2, 0.25) is 0 Å². The summed E-state index contributed by atoms with van der Waals surface area (Å²) >= 11 is 6.05. The molecule has 1 amide bonds. The average molecular weight is 304 g/mol. The van der Waals surface area contributed by atoms with Gasteiger partial charge in [0.05, 0.1) is 17.7 Å². The molecular weight excluding hydrogens is 286 g/mol. The fraction of sp³-hybridized carbons (Fsp3) is 0.235. The Labute approximate surface area is 130 Å². The van der Waals surface area contributed by atoms with E-state index in [9.17, 15) is 4.79 Å². The van der Waals surface area contributed by atoms with Crippen molar-refractivity contribution in [2.45, 2.75) is 6.42 Å². The van der Waals surface area contributed by atoms with Crippen molar-refractivity contribution in [3.05, 3.63) is 64.7 Å². The molecule has 0 aliphatic rings. The zero-order chi connectivity index (χ0) is 15.2. The van der Waals surface area contributed by atoms with Crippen LogP contribution in [0.15, 0.2) is 48.5 Å². The van der Waals surface area contributed by atoms with Crippen molar-refractivity contribution in [1.82, 2.24) is 4.90 Å². The van der Waals surface area contributed by atoms with Gasteiger partial charge in [-0.05, 0) is 36.2 Å². The highest BCUT2D eigenvalue weighted by atomic mass is 35.5. The van der Waals surface area contributed by atoms with Gasteiger partial charge in [0.15, 0.2) is 0 Å². The van der Waals surface area contributed by atoms with Crippen molar-refractivity contribution < 1.29 is 9.53 Å². The van der Waals surface area contributed by atoms with Crippen LogP contribution in [0.25, 0.3) is 0 Å². The van der Waals surface area contributed by atoms with Crippen LogP contribution in [-0.4, -0.2) is 31.5 Å². The van der Waals surface area contributed by atoms with Gasteiger partial charge in [0.25, 0.3) is 5.91 Å². The lowest BCUT2D eigenvalue weighted by molar-refractivity contribution is 0.0797. The van der Waals surface area contributed by atoms with E-state index in [1.54, 1.807) is 31.2 Å². The monoisotopic (exact) mass is 303 g/mol. The molecule has 0 unspecified atom stereocenters. The Balaban J connectivity index is 1.96. The molecule has 2 rings (SSSR count). The Hall–Kier alpha value is -2.00. The number of rotatable bonds is 5. The van der Waals surface area contributed by atoms with Crippen LogP contribution in [0.1, 0.15) is 15.9 Å². The fourth-order valence-corrected chi connectivity index (χ4v) is 2.25. The third-order valence-corrected chi connectivity index (χ3v) is 3.68. The normalized spacial score (nSPS) is 10.2. The standard InChI is InChI=1S/C17H18ClNO2/c1-19(17(20)15-5-3-4-6-16(15)18)12-11-13-7-9-14(21-2)10-8-13/h3-10H,11-12H2,1-2H3. The van der Waals surface area contributed by atoms with Gasteiger partial charge < -0.3 is 9.64 Å². The summed E-state index contributed by atoms with van der Waals surface area (Å²) in [5.74, 6) is 0.772. The second kappa shape index (κ2) is 7.14. The topological polar surface area (TPSA) is 29.5 Å². The Morgan fingerprint density at radius 3 is 2.43 bits per heavy atom. The lowest BCUT2D eigenvalue weighted by Crippen LogP contribution is -2.29. The number of nitrogens with zero attached hydrogens (tertiary/aromatic N) is 1. The minimum atomic E-state index is -0.0610. The molecule has 2 aromatic rings. The van der Waals surface area contributed by atoms with Gasteiger partial charge in [-0.15, -0.1) is 0 Å². The fourth-order valence-electron chi connectivity index (χ4n) is 2.03. The molecule has 0 aliphatic heterocycles. The lowest BCUT2D eigenvalue weighted by atomic mass is 10.1. The molecule has 21 heavy (non-hydrogen) atoms. The molecule has 0 aliphatic carbocycles. The summed E-state index contributed by atoms with van der Waals surface area (Å²) in [6.45, 7) is 0.635. The van der Waals surface area contributed by atoms with Gasteiger partial charge in [0.1, 0.15) is 5.75 Å². The first-order valence-corrected chi connectivity index (χ1v) is 7.12. The van der Waals surface area contributed by atoms with Gasteiger partial charge in [-0.2, -0.15) is 0 Å². The van der Waals surface area contributed by atoms with E-state index in [-0.39, 0.29) is 5.91 Å². The Kier molecular flexibility index (Phi) is 5.23. The number of likely N-dealkylation sites (N-methyl/N-ethyl adjacent to an activating group) is 1. The molecule has 3 nitrogen and oxygen atoms in total. The average Bonchev–Trinajstić information content (AvgIpc) is 2.53. The molecular formula is C17H18ClNO2. The highest BCUT2D eigenvalue weighted by Crippen LogP contribution is 2.17. The van der Waals surface area contributed by atoms with Gasteiger partial charge in [0, 0.05) is 13.6 Å². The van der Waals surface area contributed by atoms with Crippen LogP contribution in [0.3, 0.4) is 0 Å². The van der Waals surface area contributed by atoms with Crippen molar-refractivity contribution in [2.75, 3.05) is 20.7 Å². The number of hydrogen-bond donors (Lipinski definition) is 0. The van der Waals surface area contributed by atoms with Gasteiger partial charge in [-0.3, -0.25) is 4.79 Å². The number of amides is 1. The molecule has 4 heteroatoms. The van der Waals surface area contributed by atoms with Crippen LogP contribution in [-0.2, 0) is 6.42 Å². The van der Waals surface area contributed by atoms with Gasteiger partial charge in [-0.1, -0.05) is 35.9 Å². The number of halogens is 1. The maximum Gasteiger partial charge on any atom is 0.255 e. The summed E-state index contributed by atoms with van der Waals surface area (Å²) < 4.78 is 5.12. The SMILES string of the molecule is COc1ccc(CCN(C)C(=O)c2ccccc2Cl)cc1. The first-order chi connectivity index (χ1) is 10.1. The second-order valence-electron chi connectivity index (χ2n) is 4.80. The van der Waals surface area contributed by atoms with E-state index >= 15 is 0 Å². The first-order valence-electron chi connectivity index (χ1n) is 6.74. The Bertz CT molecular complexity index is 610. The zero-order valence-electron chi connectivity index (χ0n) is 12.2. The number of carbonyl (C=O) groups excluding carboxylic acids is 1. The predicted octanol–water partition coefficient (Wildman–Crippen LogP) is 3.66. The third kappa shape index (κ3) is 3.99. The van der Waals surface area contributed by atoms with Crippen molar-refractivity contribution >= 4 is 17.5 Å². The van der Waals surface area contributed by atoms with Crippen LogP contribution in [0.2, 0.25) is 5.02 Å². The molecule has 0 fully saturated rings. The number of methoxy groups -OCH3 is 1. The third-order valence-electron chi connectivity index (χ3n) is 3.35. The van der Waals surface area contributed by atoms with Crippen molar-refractivity contribution in [3.8, 4) is 5.75 Å². The molecule has 0 spiro atoms. The molecule has 0 saturated heterocycles. The number of ether oxygens (including phenoxy) is 1. The van der Waals surface area contributed by atoms with Gasteiger partial charge in [-0.25, -0.2) is 0 Å². The van der Waals surface area contributed by atoms with Crippen molar-refractivity contribution in [1.29, 1.82) is 0 Å². The molecule has 0 bridgehead atoms. The summed E-state index contributed by atoms with van der Waals surface area (Å²) in [6, 6.07) is 15.0. The number of carbonyl (C=O) groups is 1. The van der Waals surface area contributed by atoms with Crippen LogP contribution in [0, 0.1) is 0 Å². The van der Waals surface area contributed by atoms with E-state index in [2.05, 4.69) is 0 Å². The van der Waals surface area contributed by atoms with E-state index in [1.165, 1.54) is 0 Å². The van der Waals surface area contributed by atoms with Crippen LogP contribution < -0.4 is 4.74 Å². The molecule has 2 aromatic carbocycles. The van der Waals surface area contributed by atoms with Crippen LogP contribution in [0.4, 0.5) is 0 Å². The molecule has 0 aromatic heterocycles. The Morgan fingerprint density at radius 2 is 1.81 bits per heavy atom. The summed E-state index contributed by atoms with van der Waals surface area (Å²) in [6.07, 6.45) is 0.788. The maximum atomic E-state index is 12.3. The number of benzene rings is 2. The van der Waals surface area contributed by atoms with E-state index in [0.717, 1.165) is 17.7 Å². The highest BCUT2D eigenvalue weighted by molar-refractivity contribution is 6.33. The summed E-state index contributed by atoms with van der Waals surface area (Å²) in [7, 11) is 3.43. The van der Waals surface area contributed by atoms with Crippen LogP contribution >= 0.6 is 11.6 Å². The minimum Gasteiger partial charge on any atom is -0.497 e. The van der Waals surface area contributed by atoms with Crippen LogP contribution in [0.5, 0.6) is 5.75 Å². The van der Waals surface area contributed by atoms with Crippen molar-refractivity contribution in [3.63, 3.8) is 0 Å². The maximum absolute atomic E-state index is 12.3. The van der Waals surface area contributed by atoms with E-state index in [0.29, 0.717) is 17.1 Å². The molecule has 0 radical (unpaired) electrons. The number of hydrogen-bond acceptors (Lipinski definition) is 2. The smallest absolute Gasteiger partial charge is 0.255 e. The summed E-state index contributed by atoms with van der Waals surface area (Å²) in [5, 5.41) is 0.485. The molecule has 110 valence electrons. The highest BCUT2D eigenvalue weighted by Gasteiger charge is 2.14. The second-order valence-corrected chi connectivity index (χ2v) is 5.21. The molecule has 0 N–H and O–H groups in total. The quantitative estimate of drug-likeness (QED) is 0.843. The predicted molar refractivity (Wildman–Crippen MR) is 85.1 cm³/mol. The molecule has 0 saturated carbocycles. The van der Waals surface area contributed by atoms with Crippen molar-refractivity contribution in [2.24, 2.45) is 0 Å². The zero-order valence-corrected chi connectivity index (χ0v) is 12.9. The minimum absolute atomic E-state index is 0.0610. The van der Waals surface area contributed by atoms with E-state index < -0.39 is 0 Å². The van der Waals surface area contributed by atoms with E-state index in [4.69, 9.17) is 16.3 Å². The molecule has 0 atom stereocenters. The van der Waals surface area contributed by atoms with Gasteiger partial charge >= 0.3 is 0 Å². The molecule has 0 heterocycles. The lowest BCUT2D eigenvalue weighted by Gasteiger charge is -2.18. The Morgan fingerprint density at radius 1 is 1.14 bits per heavy atom. The summed E-state index contributed by atoms with van der Waals surface area (Å²) in [4.78, 5) is 14.0. The van der Waals surface area contributed by atoms with E-state index in [1.807, 2.05) is 36.4 Å². The largest absolute Gasteiger partial charge is 0.497 e. The summed E-state index contributed by atoms with van der Waals surface area (Å²) in [5.41, 5.74) is 1.70. The first kappa shape index (κ1) is 15.4.